The van der Waals surface area contributed by atoms with E-state index in [2.05, 4.69) is 47.1 Å². The van der Waals surface area contributed by atoms with Gasteiger partial charge in [0.25, 0.3) is 0 Å². The standard InChI is InChI=1S/C27H41N2O3P.C3H6.C2H6/c1-8-20(3)24(16-11-10-12-17-33)25(28-9-2)18-21(4)31-23-15-13-14-22(19-23)29-26(30)32-27(5,6)7;1-3-2;1-2/h11,13-16,18-19H,8-10,12,17,33H2,1-7H3,(H,29,30);3H,1H2,2H3;1-2H3/b16-11-,21-18+,24-20+,28-25?;;. The van der Waals surface area contributed by atoms with Crippen LogP contribution in [0.2, 0.25) is 0 Å². The second kappa shape index (κ2) is 22.3. The lowest BCUT2D eigenvalue weighted by Crippen LogP contribution is -2.27. The maximum atomic E-state index is 12.1. The van der Waals surface area contributed by atoms with Gasteiger partial charge >= 0.3 is 6.09 Å². The van der Waals surface area contributed by atoms with Crippen molar-refractivity contribution in [2.45, 2.75) is 94.1 Å². The normalized spacial score (nSPS) is 12.4. The quantitative estimate of drug-likeness (QED) is 0.0753. The van der Waals surface area contributed by atoms with Crippen LogP contribution >= 0.6 is 9.24 Å². The Bertz CT molecular complexity index is 938. The molecule has 5 nitrogen and oxygen atoms in total. The number of carbonyl (C=O) groups excluding carboxylic acids is 1. The Hall–Kier alpha value is -2.65. The largest absolute Gasteiger partial charge is 0.462 e. The molecule has 38 heavy (non-hydrogen) atoms. The second-order valence-electron chi connectivity index (χ2n) is 9.16. The fraction of sp³-hybridized carbons (Fsp3) is 0.500. The van der Waals surface area contributed by atoms with E-state index in [1.54, 1.807) is 18.2 Å². The average Bonchev–Trinajstić information content (AvgIpc) is 2.84. The number of aliphatic imine (C=N–C) groups is 1. The lowest BCUT2D eigenvalue weighted by molar-refractivity contribution is 0.0636. The van der Waals surface area contributed by atoms with Gasteiger partial charge in [0.15, 0.2) is 0 Å². The Morgan fingerprint density at radius 1 is 1.18 bits per heavy atom. The summed E-state index contributed by atoms with van der Waals surface area (Å²) < 4.78 is 11.4. The van der Waals surface area contributed by atoms with E-state index in [0.717, 1.165) is 42.5 Å². The smallest absolute Gasteiger partial charge is 0.412 e. The molecule has 0 aromatic heterocycles. The Balaban J connectivity index is 0. The van der Waals surface area contributed by atoms with Gasteiger partial charge in [-0.1, -0.05) is 50.6 Å². The Morgan fingerprint density at radius 3 is 2.34 bits per heavy atom. The summed E-state index contributed by atoms with van der Waals surface area (Å²) in [7, 11) is 2.77. The molecule has 0 aliphatic carbocycles. The average molecular weight is 545 g/mol. The van der Waals surface area contributed by atoms with Gasteiger partial charge in [-0.05, 0) is 91.6 Å². The Morgan fingerprint density at radius 2 is 1.82 bits per heavy atom. The van der Waals surface area contributed by atoms with Gasteiger partial charge in [0.1, 0.15) is 17.1 Å². The molecule has 214 valence electrons. The molecule has 0 bridgehead atoms. The highest BCUT2D eigenvalue weighted by atomic mass is 31.0. The molecule has 0 spiro atoms. The molecule has 0 fully saturated rings. The number of benzene rings is 1. The highest BCUT2D eigenvalue weighted by Gasteiger charge is 2.16. The van der Waals surface area contributed by atoms with Gasteiger partial charge in [-0.3, -0.25) is 10.3 Å². The van der Waals surface area contributed by atoms with E-state index >= 15 is 0 Å². The third-order valence-electron chi connectivity index (χ3n) is 4.55. The van der Waals surface area contributed by atoms with E-state index in [1.165, 1.54) is 5.57 Å². The van der Waals surface area contributed by atoms with Crippen LogP contribution in [-0.4, -0.2) is 30.1 Å². The van der Waals surface area contributed by atoms with Crippen molar-refractivity contribution in [3.8, 4) is 5.75 Å². The van der Waals surface area contributed by atoms with Crippen molar-refractivity contribution in [2.75, 3.05) is 18.0 Å². The van der Waals surface area contributed by atoms with E-state index < -0.39 is 11.7 Å². The highest BCUT2D eigenvalue weighted by molar-refractivity contribution is 7.16. The fourth-order valence-electron chi connectivity index (χ4n) is 2.92. The Kier molecular flexibility index (Phi) is 22.1. The Labute approximate surface area is 235 Å². The molecule has 1 aromatic rings. The van der Waals surface area contributed by atoms with Gasteiger partial charge in [0.05, 0.1) is 5.71 Å². The van der Waals surface area contributed by atoms with E-state index in [1.807, 2.05) is 73.6 Å². The van der Waals surface area contributed by atoms with Crippen LogP contribution in [0.4, 0.5) is 10.5 Å². The minimum atomic E-state index is -0.557. The summed E-state index contributed by atoms with van der Waals surface area (Å²) in [6.45, 7) is 23.7. The lowest BCUT2D eigenvalue weighted by atomic mass is 10.0. The van der Waals surface area contributed by atoms with Gasteiger partial charge < -0.3 is 9.47 Å². The molecular formula is C32H53N2O3P. The number of carbonyl (C=O) groups is 1. The number of rotatable bonds is 11. The van der Waals surface area contributed by atoms with Crippen molar-refractivity contribution in [1.29, 1.82) is 0 Å². The molecule has 1 unspecified atom stereocenters. The predicted octanol–water partition coefficient (Wildman–Crippen LogP) is 9.93. The number of nitrogens with one attached hydrogen (secondary N) is 1. The third kappa shape index (κ3) is 18.6. The van der Waals surface area contributed by atoms with Crippen LogP contribution in [0.5, 0.6) is 5.75 Å². The number of anilines is 1. The molecule has 1 rings (SSSR count). The number of nitrogens with zero attached hydrogens (tertiary/aromatic N) is 1. The molecule has 1 amide bonds. The first-order valence-corrected chi connectivity index (χ1v) is 14.5. The number of unbranched alkanes of at least 4 members (excludes halogenated alkanes) is 1. The molecule has 0 radical (unpaired) electrons. The van der Waals surface area contributed by atoms with Crippen molar-refractivity contribution in [1.82, 2.24) is 0 Å². The first-order valence-electron chi connectivity index (χ1n) is 13.7. The summed E-state index contributed by atoms with van der Waals surface area (Å²) in [5.41, 5.74) is 3.40. The maximum Gasteiger partial charge on any atom is 0.412 e. The molecule has 0 heterocycles. The van der Waals surface area contributed by atoms with Crippen molar-refractivity contribution < 1.29 is 14.3 Å². The molecule has 1 N–H and O–H groups in total. The van der Waals surface area contributed by atoms with Crippen molar-refractivity contribution >= 4 is 26.7 Å². The van der Waals surface area contributed by atoms with E-state index in [0.29, 0.717) is 18.0 Å². The second-order valence-corrected chi connectivity index (χ2v) is 9.74. The molecule has 1 aromatic carbocycles. The molecule has 0 saturated carbocycles. The van der Waals surface area contributed by atoms with Crippen LogP contribution in [0.15, 0.2) is 77.0 Å². The molecule has 0 saturated heterocycles. The number of allylic oxidation sites excluding steroid dienone is 7. The minimum absolute atomic E-state index is 0.498. The van der Waals surface area contributed by atoms with E-state index in [-0.39, 0.29) is 0 Å². The van der Waals surface area contributed by atoms with Crippen molar-refractivity contribution in [3.05, 3.63) is 72.1 Å². The summed E-state index contributed by atoms with van der Waals surface area (Å²) >= 11 is 0. The number of hydrogen-bond acceptors (Lipinski definition) is 4. The van der Waals surface area contributed by atoms with E-state index in [4.69, 9.17) is 14.5 Å². The predicted molar refractivity (Wildman–Crippen MR) is 172 cm³/mol. The molecule has 0 aliphatic heterocycles. The monoisotopic (exact) mass is 544 g/mol. The molecular weight excluding hydrogens is 491 g/mol. The van der Waals surface area contributed by atoms with Gasteiger partial charge in [-0.25, -0.2) is 4.79 Å². The number of ether oxygens (including phenoxy) is 2. The molecule has 1 atom stereocenters. The van der Waals surface area contributed by atoms with Crippen LogP contribution in [0.25, 0.3) is 0 Å². The minimum Gasteiger partial charge on any atom is -0.462 e. The van der Waals surface area contributed by atoms with Gasteiger partial charge in [0, 0.05) is 24.4 Å². The first kappa shape index (κ1) is 37.5. The zero-order chi connectivity index (χ0) is 29.6. The topological polar surface area (TPSA) is 59.9 Å². The summed E-state index contributed by atoms with van der Waals surface area (Å²) in [5, 5.41) is 2.74. The maximum absolute atomic E-state index is 12.1. The summed E-state index contributed by atoms with van der Waals surface area (Å²) in [6.07, 6.45) is 11.9. The molecule has 0 aliphatic rings. The van der Waals surface area contributed by atoms with Crippen LogP contribution < -0.4 is 10.1 Å². The van der Waals surface area contributed by atoms with Crippen LogP contribution in [0.3, 0.4) is 0 Å². The fourth-order valence-corrected chi connectivity index (χ4v) is 3.15. The van der Waals surface area contributed by atoms with Crippen LogP contribution in [0, 0.1) is 0 Å². The van der Waals surface area contributed by atoms with E-state index in [9.17, 15) is 4.79 Å². The van der Waals surface area contributed by atoms with Gasteiger partial charge in [-0.15, -0.1) is 15.8 Å². The zero-order valence-electron chi connectivity index (χ0n) is 25.6. The number of amides is 1. The van der Waals surface area contributed by atoms with Crippen LogP contribution in [0.1, 0.15) is 88.5 Å². The highest BCUT2D eigenvalue weighted by Crippen LogP contribution is 2.21. The van der Waals surface area contributed by atoms with Gasteiger partial charge in [0.2, 0.25) is 0 Å². The van der Waals surface area contributed by atoms with Crippen molar-refractivity contribution in [3.63, 3.8) is 0 Å². The number of hydrogen-bond donors (Lipinski definition) is 1. The summed E-state index contributed by atoms with van der Waals surface area (Å²) in [6, 6.07) is 7.25. The molecule has 6 heteroatoms. The summed E-state index contributed by atoms with van der Waals surface area (Å²) in [4.78, 5) is 16.8. The lowest BCUT2D eigenvalue weighted by Gasteiger charge is -2.19. The zero-order valence-corrected chi connectivity index (χ0v) is 26.8. The first-order chi connectivity index (χ1) is 18.0. The summed E-state index contributed by atoms with van der Waals surface area (Å²) in [5.74, 6) is 1.35. The van der Waals surface area contributed by atoms with Gasteiger partial charge in [-0.2, -0.15) is 0 Å². The van der Waals surface area contributed by atoms with Crippen molar-refractivity contribution in [2.24, 2.45) is 4.99 Å². The third-order valence-corrected chi connectivity index (χ3v) is 4.96. The van der Waals surface area contributed by atoms with Crippen LogP contribution in [-0.2, 0) is 4.74 Å². The SMILES string of the molecule is C=CC.CC.CCN=C(/C=C(\C)Oc1cccc(NC(=O)OC(C)(C)C)c1)C(/C=C\CCCP)=C(\C)CC.